The van der Waals surface area contributed by atoms with Crippen LogP contribution in [-0.4, -0.2) is 16.1 Å². The fraction of sp³-hybridized carbons (Fsp3) is 0.438. The predicted octanol–water partition coefficient (Wildman–Crippen LogP) is 3.93. The number of aromatic hydroxyl groups is 1. The molecule has 1 atom stereocenters. The van der Waals surface area contributed by atoms with Crippen LogP contribution in [0.5, 0.6) is 5.75 Å². The van der Waals surface area contributed by atoms with Crippen molar-refractivity contribution in [2.75, 3.05) is 5.32 Å². The minimum absolute atomic E-state index is 0.291. The first-order valence-electron chi connectivity index (χ1n) is 7.10. The third kappa shape index (κ3) is 2.80. The molecule has 0 spiro atoms. The van der Waals surface area contributed by atoms with E-state index in [0.29, 0.717) is 11.8 Å². The van der Waals surface area contributed by atoms with Crippen molar-refractivity contribution in [3.63, 3.8) is 0 Å². The third-order valence-electron chi connectivity index (χ3n) is 3.90. The fourth-order valence-corrected chi connectivity index (χ4v) is 2.55. The molecule has 0 saturated heterocycles. The molecule has 100 valence electrons. The lowest BCUT2D eigenvalue weighted by Gasteiger charge is -2.18. The number of aromatic nitrogens is 1. The van der Waals surface area contributed by atoms with Crippen LogP contribution >= 0.6 is 0 Å². The van der Waals surface area contributed by atoms with Crippen LogP contribution in [0.1, 0.15) is 32.6 Å². The standard InChI is InChI=1S/C16H20N2O/c1-2-13(9-11-3-4-11)18-16-15-10-14(19)6-5-12(15)7-8-17-16/h5-8,10-11,13,19H,2-4,9H2,1H3,(H,17,18). The summed E-state index contributed by atoms with van der Waals surface area (Å²) in [5.41, 5.74) is 0. The van der Waals surface area contributed by atoms with E-state index in [9.17, 15) is 5.11 Å². The monoisotopic (exact) mass is 256 g/mol. The first kappa shape index (κ1) is 12.3. The summed E-state index contributed by atoms with van der Waals surface area (Å²) in [6.45, 7) is 2.21. The maximum Gasteiger partial charge on any atom is 0.134 e. The Kier molecular flexibility index (Phi) is 3.28. The van der Waals surface area contributed by atoms with E-state index in [2.05, 4.69) is 17.2 Å². The summed E-state index contributed by atoms with van der Waals surface area (Å²) in [5.74, 6) is 2.08. The Morgan fingerprint density at radius 1 is 1.37 bits per heavy atom. The van der Waals surface area contributed by atoms with E-state index >= 15 is 0 Å². The molecule has 1 aromatic heterocycles. The Hall–Kier alpha value is -1.77. The smallest absolute Gasteiger partial charge is 0.134 e. The Labute approximate surface area is 113 Å². The molecule has 2 aromatic rings. The molecule has 1 unspecified atom stereocenters. The van der Waals surface area contributed by atoms with Crippen LogP contribution in [0.2, 0.25) is 0 Å². The van der Waals surface area contributed by atoms with E-state index in [1.54, 1.807) is 12.1 Å². The number of rotatable bonds is 5. The number of hydrogen-bond donors (Lipinski definition) is 2. The van der Waals surface area contributed by atoms with Gasteiger partial charge in [-0.1, -0.05) is 25.8 Å². The highest BCUT2D eigenvalue weighted by atomic mass is 16.3. The van der Waals surface area contributed by atoms with Gasteiger partial charge in [-0.25, -0.2) is 4.98 Å². The van der Waals surface area contributed by atoms with E-state index in [4.69, 9.17) is 0 Å². The van der Waals surface area contributed by atoms with Crippen LogP contribution < -0.4 is 5.32 Å². The number of fused-ring (bicyclic) bond motifs is 1. The van der Waals surface area contributed by atoms with E-state index < -0.39 is 0 Å². The van der Waals surface area contributed by atoms with Gasteiger partial charge in [0.15, 0.2) is 0 Å². The quantitative estimate of drug-likeness (QED) is 0.852. The molecule has 0 aliphatic heterocycles. The minimum atomic E-state index is 0.291. The van der Waals surface area contributed by atoms with E-state index in [1.807, 2.05) is 18.3 Å². The summed E-state index contributed by atoms with van der Waals surface area (Å²) in [6.07, 6.45) is 6.91. The molecule has 1 aliphatic carbocycles. The van der Waals surface area contributed by atoms with Gasteiger partial charge in [0.05, 0.1) is 0 Å². The van der Waals surface area contributed by atoms with Crippen molar-refractivity contribution in [3.05, 3.63) is 30.5 Å². The van der Waals surface area contributed by atoms with Crippen molar-refractivity contribution in [1.82, 2.24) is 4.98 Å². The average molecular weight is 256 g/mol. The van der Waals surface area contributed by atoms with Crippen molar-refractivity contribution >= 4 is 16.6 Å². The van der Waals surface area contributed by atoms with Gasteiger partial charge in [0.2, 0.25) is 0 Å². The minimum Gasteiger partial charge on any atom is -0.508 e. The molecule has 1 aromatic carbocycles. The summed E-state index contributed by atoms with van der Waals surface area (Å²) in [7, 11) is 0. The average Bonchev–Trinajstić information content (AvgIpc) is 3.22. The number of anilines is 1. The van der Waals surface area contributed by atoms with Crippen molar-refractivity contribution in [2.45, 2.75) is 38.6 Å². The number of hydrogen-bond acceptors (Lipinski definition) is 3. The Bertz CT molecular complexity index is 578. The van der Waals surface area contributed by atoms with Crippen LogP contribution in [0.15, 0.2) is 30.5 Å². The van der Waals surface area contributed by atoms with Crippen molar-refractivity contribution < 1.29 is 5.11 Å². The van der Waals surface area contributed by atoms with Gasteiger partial charge in [-0.05, 0) is 42.3 Å². The molecule has 1 fully saturated rings. The van der Waals surface area contributed by atoms with E-state index in [0.717, 1.165) is 28.9 Å². The van der Waals surface area contributed by atoms with Crippen molar-refractivity contribution in [1.29, 1.82) is 0 Å². The van der Waals surface area contributed by atoms with Gasteiger partial charge in [0.25, 0.3) is 0 Å². The normalized spacial score (nSPS) is 16.5. The van der Waals surface area contributed by atoms with Gasteiger partial charge in [0.1, 0.15) is 11.6 Å². The maximum absolute atomic E-state index is 9.65. The second kappa shape index (κ2) is 5.08. The van der Waals surface area contributed by atoms with Crippen molar-refractivity contribution in [2.24, 2.45) is 5.92 Å². The van der Waals surface area contributed by atoms with E-state index in [1.165, 1.54) is 19.3 Å². The van der Waals surface area contributed by atoms with Crippen LogP contribution in [-0.2, 0) is 0 Å². The second-order valence-corrected chi connectivity index (χ2v) is 5.49. The third-order valence-corrected chi connectivity index (χ3v) is 3.90. The predicted molar refractivity (Wildman–Crippen MR) is 78.5 cm³/mol. The Morgan fingerprint density at radius 3 is 2.95 bits per heavy atom. The molecule has 19 heavy (non-hydrogen) atoms. The first-order valence-corrected chi connectivity index (χ1v) is 7.10. The zero-order valence-corrected chi connectivity index (χ0v) is 11.3. The molecule has 2 N–H and O–H groups in total. The highest BCUT2D eigenvalue weighted by Gasteiger charge is 2.25. The summed E-state index contributed by atoms with van der Waals surface area (Å²) in [4.78, 5) is 4.44. The molecule has 3 nitrogen and oxygen atoms in total. The largest absolute Gasteiger partial charge is 0.508 e. The number of phenolic OH excluding ortho intramolecular Hbond substituents is 1. The number of phenols is 1. The molecule has 0 radical (unpaired) electrons. The summed E-state index contributed by atoms with van der Waals surface area (Å²) < 4.78 is 0. The highest BCUT2D eigenvalue weighted by molar-refractivity contribution is 5.92. The molecule has 1 heterocycles. The molecule has 0 bridgehead atoms. The second-order valence-electron chi connectivity index (χ2n) is 5.49. The zero-order chi connectivity index (χ0) is 13.2. The summed E-state index contributed by atoms with van der Waals surface area (Å²) in [5, 5.41) is 15.3. The van der Waals surface area contributed by atoms with Gasteiger partial charge >= 0.3 is 0 Å². The van der Waals surface area contributed by atoms with E-state index in [-0.39, 0.29) is 0 Å². The molecule has 0 amide bonds. The van der Waals surface area contributed by atoms with Crippen LogP contribution in [0.25, 0.3) is 10.8 Å². The molecular weight excluding hydrogens is 236 g/mol. The molecule has 1 saturated carbocycles. The summed E-state index contributed by atoms with van der Waals surface area (Å²) in [6, 6.07) is 7.89. The highest BCUT2D eigenvalue weighted by Crippen LogP contribution is 2.35. The lowest BCUT2D eigenvalue weighted by Crippen LogP contribution is -2.20. The zero-order valence-electron chi connectivity index (χ0n) is 11.3. The fourth-order valence-electron chi connectivity index (χ4n) is 2.55. The van der Waals surface area contributed by atoms with Gasteiger partial charge in [-0.3, -0.25) is 0 Å². The first-order chi connectivity index (χ1) is 9.26. The molecule has 1 aliphatic rings. The van der Waals surface area contributed by atoms with Crippen molar-refractivity contribution in [3.8, 4) is 5.75 Å². The van der Waals surface area contributed by atoms with Gasteiger partial charge in [-0.15, -0.1) is 0 Å². The lowest BCUT2D eigenvalue weighted by molar-refractivity contribution is 0.476. The van der Waals surface area contributed by atoms with Crippen LogP contribution in [0, 0.1) is 5.92 Å². The SMILES string of the molecule is CCC(CC1CC1)Nc1nccc2ccc(O)cc12. The van der Waals surface area contributed by atoms with Gasteiger partial charge < -0.3 is 10.4 Å². The number of nitrogens with zero attached hydrogens (tertiary/aromatic N) is 1. The molecule has 3 heteroatoms. The molecule has 3 rings (SSSR count). The van der Waals surface area contributed by atoms with Crippen LogP contribution in [0.4, 0.5) is 5.82 Å². The Balaban J connectivity index is 1.88. The van der Waals surface area contributed by atoms with Crippen LogP contribution in [0.3, 0.4) is 0 Å². The van der Waals surface area contributed by atoms with Gasteiger partial charge in [0, 0.05) is 17.6 Å². The lowest BCUT2D eigenvalue weighted by atomic mass is 10.1. The maximum atomic E-state index is 9.65. The topological polar surface area (TPSA) is 45.2 Å². The number of benzene rings is 1. The van der Waals surface area contributed by atoms with Gasteiger partial charge in [-0.2, -0.15) is 0 Å². The number of nitrogens with one attached hydrogen (secondary N) is 1. The Morgan fingerprint density at radius 2 is 2.21 bits per heavy atom. The number of pyridine rings is 1. The summed E-state index contributed by atoms with van der Waals surface area (Å²) >= 11 is 0. The molecular formula is C16H20N2O.